The summed E-state index contributed by atoms with van der Waals surface area (Å²) < 4.78 is 6.94. The molecule has 0 spiro atoms. The van der Waals surface area contributed by atoms with Gasteiger partial charge in [-0.25, -0.2) is 4.98 Å². The predicted octanol–water partition coefficient (Wildman–Crippen LogP) is 2.24. The Morgan fingerprint density at radius 1 is 1.40 bits per heavy atom. The van der Waals surface area contributed by atoms with Gasteiger partial charge in [-0.2, -0.15) is 0 Å². The summed E-state index contributed by atoms with van der Waals surface area (Å²) in [6, 6.07) is 7.78. The van der Waals surface area contributed by atoms with Crippen LogP contribution in [0.4, 0.5) is 0 Å². The summed E-state index contributed by atoms with van der Waals surface area (Å²) in [4.78, 5) is 4.19. The Morgan fingerprint density at radius 3 is 2.87 bits per heavy atom. The first-order chi connectivity index (χ1) is 7.18. The molecule has 4 heteroatoms. The third-order valence-corrected chi connectivity index (χ3v) is 2.02. The van der Waals surface area contributed by atoms with Crippen molar-refractivity contribution in [1.29, 1.82) is 5.41 Å². The standard InChI is InChI=1S/C11H13N3O/c1-8(2)15-11(12)14-7-13-9-5-3-4-6-10(9)14/h3-8,12H,1-2H3. The Bertz CT molecular complexity index is 487. The van der Waals surface area contributed by atoms with Crippen LogP contribution in [0.15, 0.2) is 30.6 Å². The molecule has 4 nitrogen and oxygen atoms in total. The van der Waals surface area contributed by atoms with E-state index in [-0.39, 0.29) is 12.1 Å². The van der Waals surface area contributed by atoms with Gasteiger partial charge in [-0.1, -0.05) is 12.1 Å². The Balaban J connectivity index is 2.40. The summed E-state index contributed by atoms with van der Waals surface area (Å²) in [5.41, 5.74) is 1.76. The van der Waals surface area contributed by atoms with E-state index in [4.69, 9.17) is 10.1 Å². The molecule has 15 heavy (non-hydrogen) atoms. The highest BCUT2D eigenvalue weighted by atomic mass is 16.5. The van der Waals surface area contributed by atoms with Gasteiger partial charge in [0.05, 0.1) is 17.1 Å². The summed E-state index contributed by atoms with van der Waals surface area (Å²) >= 11 is 0. The number of imidazole rings is 1. The lowest BCUT2D eigenvalue weighted by molar-refractivity contribution is 0.216. The maximum absolute atomic E-state index is 7.76. The average Bonchev–Trinajstić information content (AvgIpc) is 2.59. The van der Waals surface area contributed by atoms with E-state index >= 15 is 0 Å². The lowest BCUT2D eigenvalue weighted by Gasteiger charge is -2.11. The van der Waals surface area contributed by atoms with Gasteiger partial charge in [-0.15, -0.1) is 0 Å². The predicted molar refractivity (Wildman–Crippen MR) is 59.1 cm³/mol. The van der Waals surface area contributed by atoms with Crippen molar-refractivity contribution in [3.05, 3.63) is 30.6 Å². The van der Waals surface area contributed by atoms with E-state index in [0.717, 1.165) is 11.0 Å². The van der Waals surface area contributed by atoms with E-state index in [1.54, 1.807) is 10.9 Å². The van der Waals surface area contributed by atoms with Crippen LogP contribution in [0.3, 0.4) is 0 Å². The van der Waals surface area contributed by atoms with Crippen LogP contribution >= 0.6 is 0 Å². The highest BCUT2D eigenvalue weighted by molar-refractivity contribution is 5.87. The third kappa shape index (κ3) is 1.83. The van der Waals surface area contributed by atoms with Gasteiger partial charge in [0.1, 0.15) is 6.33 Å². The van der Waals surface area contributed by atoms with Crippen LogP contribution in [-0.4, -0.2) is 21.7 Å². The van der Waals surface area contributed by atoms with Crippen molar-refractivity contribution in [1.82, 2.24) is 9.55 Å². The molecule has 0 aliphatic carbocycles. The molecule has 1 N–H and O–H groups in total. The first-order valence-electron chi connectivity index (χ1n) is 4.86. The fourth-order valence-electron chi connectivity index (χ4n) is 1.40. The molecule has 0 aliphatic heterocycles. The molecule has 0 atom stereocenters. The number of benzene rings is 1. The topological polar surface area (TPSA) is 50.9 Å². The van der Waals surface area contributed by atoms with Crippen molar-refractivity contribution in [3.8, 4) is 0 Å². The quantitative estimate of drug-likeness (QED) is 0.570. The monoisotopic (exact) mass is 203 g/mol. The molecular formula is C11H13N3O. The van der Waals surface area contributed by atoms with Gasteiger partial charge in [-0.3, -0.25) is 9.98 Å². The molecule has 78 valence electrons. The number of nitrogens with one attached hydrogen (secondary N) is 1. The van der Waals surface area contributed by atoms with E-state index < -0.39 is 0 Å². The molecule has 0 bridgehead atoms. The van der Waals surface area contributed by atoms with Crippen molar-refractivity contribution < 1.29 is 4.74 Å². The smallest absolute Gasteiger partial charge is 0.294 e. The number of aromatic nitrogens is 2. The second-order valence-corrected chi connectivity index (χ2v) is 3.58. The largest absolute Gasteiger partial charge is 0.462 e. The van der Waals surface area contributed by atoms with Gasteiger partial charge < -0.3 is 4.74 Å². The van der Waals surface area contributed by atoms with Crippen molar-refractivity contribution >= 4 is 17.1 Å². The molecule has 0 aliphatic rings. The van der Waals surface area contributed by atoms with Gasteiger partial charge in [0.2, 0.25) is 0 Å². The van der Waals surface area contributed by atoms with Crippen LogP contribution in [0.5, 0.6) is 0 Å². The molecule has 1 aromatic carbocycles. The molecule has 0 unspecified atom stereocenters. The minimum absolute atomic E-state index is 0.00124. The number of hydrogen-bond acceptors (Lipinski definition) is 3. The number of fused-ring (bicyclic) bond motifs is 1. The zero-order valence-corrected chi connectivity index (χ0v) is 8.77. The van der Waals surface area contributed by atoms with Crippen LogP contribution in [-0.2, 0) is 4.74 Å². The highest BCUT2D eigenvalue weighted by Crippen LogP contribution is 2.11. The molecule has 1 heterocycles. The lowest BCUT2D eigenvalue weighted by atomic mass is 10.3. The second-order valence-electron chi connectivity index (χ2n) is 3.58. The van der Waals surface area contributed by atoms with E-state index in [1.807, 2.05) is 38.1 Å². The molecule has 1 aromatic heterocycles. The molecule has 0 amide bonds. The van der Waals surface area contributed by atoms with Crippen LogP contribution in [0.2, 0.25) is 0 Å². The van der Waals surface area contributed by atoms with Crippen molar-refractivity contribution in [3.63, 3.8) is 0 Å². The fourth-order valence-corrected chi connectivity index (χ4v) is 1.40. The Hall–Kier alpha value is -1.84. The minimum atomic E-state index is -0.00124. The van der Waals surface area contributed by atoms with Gasteiger partial charge in [0.25, 0.3) is 6.02 Å². The summed E-state index contributed by atoms with van der Waals surface area (Å²) in [7, 11) is 0. The maximum Gasteiger partial charge on any atom is 0.294 e. The SMILES string of the molecule is CC(C)OC(=N)n1cnc2ccccc21. The van der Waals surface area contributed by atoms with E-state index in [9.17, 15) is 0 Å². The fraction of sp³-hybridized carbons (Fsp3) is 0.273. The zero-order valence-electron chi connectivity index (χ0n) is 8.77. The summed E-state index contributed by atoms with van der Waals surface area (Å²) in [5.74, 6) is 0. The van der Waals surface area contributed by atoms with E-state index in [0.29, 0.717) is 0 Å². The van der Waals surface area contributed by atoms with Gasteiger partial charge in [0.15, 0.2) is 0 Å². The number of hydrogen-bond donors (Lipinski definition) is 1. The second kappa shape index (κ2) is 3.73. The Labute approximate surface area is 88.0 Å². The average molecular weight is 203 g/mol. The Kier molecular flexibility index (Phi) is 2.41. The van der Waals surface area contributed by atoms with Crippen molar-refractivity contribution in [2.45, 2.75) is 20.0 Å². The first-order valence-corrected chi connectivity index (χ1v) is 4.86. The summed E-state index contributed by atoms with van der Waals surface area (Å²) in [5, 5.41) is 7.76. The molecule has 0 saturated carbocycles. The summed E-state index contributed by atoms with van der Waals surface area (Å²) in [6.07, 6.45) is 1.61. The minimum Gasteiger partial charge on any atom is -0.462 e. The molecule has 0 fully saturated rings. The van der Waals surface area contributed by atoms with Crippen LogP contribution < -0.4 is 0 Å². The number of rotatable bonds is 1. The number of para-hydroxylation sites is 2. The van der Waals surface area contributed by atoms with Crippen LogP contribution in [0, 0.1) is 5.41 Å². The number of ether oxygens (including phenoxy) is 1. The number of nitrogens with zero attached hydrogens (tertiary/aromatic N) is 2. The van der Waals surface area contributed by atoms with Gasteiger partial charge in [-0.05, 0) is 26.0 Å². The van der Waals surface area contributed by atoms with Crippen molar-refractivity contribution in [2.24, 2.45) is 0 Å². The first kappa shape index (κ1) is 9.71. The maximum atomic E-state index is 7.76. The van der Waals surface area contributed by atoms with Gasteiger partial charge >= 0.3 is 0 Å². The molecule has 0 radical (unpaired) electrons. The molecule has 0 saturated heterocycles. The van der Waals surface area contributed by atoms with Crippen molar-refractivity contribution in [2.75, 3.05) is 0 Å². The Morgan fingerprint density at radius 2 is 2.13 bits per heavy atom. The van der Waals surface area contributed by atoms with E-state index in [1.165, 1.54) is 0 Å². The highest BCUT2D eigenvalue weighted by Gasteiger charge is 2.08. The van der Waals surface area contributed by atoms with E-state index in [2.05, 4.69) is 4.98 Å². The molecular weight excluding hydrogens is 190 g/mol. The third-order valence-electron chi connectivity index (χ3n) is 2.02. The van der Waals surface area contributed by atoms with Crippen LogP contribution in [0.1, 0.15) is 13.8 Å². The van der Waals surface area contributed by atoms with Gasteiger partial charge in [0, 0.05) is 0 Å². The lowest BCUT2D eigenvalue weighted by Crippen LogP contribution is -2.17. The zero-order chi connectivity index (χ0) is 10.8. The normalized spacial score (nSPS) is 10.9. The molecule has 2 rings (SSSR count). The molecule has 2 aromatic rings. The summed E-state index contributed by atoms with van der Waals surface area (Å²) in [6.45, 7) is 3.79. The van der Waals surface area contributed by atoms with Crippen LogP contribution in [0.25, 0.3) is 11.0 Å².